The smallest absolute Gasteiger partial charge is 0.127 e. The Morgan fingerprint density at radius 1 is 1.36 bits per heavy atom. The van der Waals surface area contributed by atoms with Crippen molar-refractivity contribution in [3.8, 4) is 5.75 Å². The summed E-state index contributed by atoms with van der Waals surface area (Å²) in [5.74, 6) is 0.886. The zero-order valence-electron chi connectivity index (χ0n) is 7.74. The second kappa shape index (κ2) is 4.09. The minimum atomic E-state index is 0.576. The molecule has 1 nitrogen and oxygen atoms in total. The Hall–Kier alpha value is -1.57. The number of hydrogen-bond donors (Lipinski definition) is 0. The van der Waals surface area contributed by atoms with Crippen molar-refractivity contribution in [3.63, 3.8) is 0 Å². The van der Waals surface area contributed by atoms with E-state index >= 15 is 0 Å². The van der Waals surface area contributed by atoms with Crippen LogP contribution in [0, 0.1) is 0 Å². The molecule has 0 radical (unpaired) electrons. The average molecular weight is 190 g/mol. The van der Waals surface area contributed by atoms with Crippen LogP contribution in [0.4, 0.5) is 4.39 Å². The van der Waals surface area contributed by atoms with Gasteiger partial charge in [0.15, 0.2) is 0 Å². The SMILES string of the molecule is FC=CCC1=CCOc2ccccc21. The molecule has 14 heavy (non-hydrogen) atoms. The third-order valence-electron chi connectivity index (χ3n) is 2.23. The Morgan fingerprint density at radius 2 is 2.21 bits per heavy atom. The first-order chi connectivity index (χ1) is 6.92. The lowest BCUT2D eigenvalue weighted by atomic mass is 10.00. The molecule has 0 spiro atoms. The Bertz CT molecular complexity index is 380. The second-order valence-corrected chi connectivity index (χ2v) is 3.10. The van der Waals surface area contributed by atoms with Crippen LogP contribution >= 0.6 is 0 Å². The van der Waals surface area contributed by atoms with Gasteiger partial charge in [-0.25, -0.2) is 4.39 Å². The van der Waals surface area contributed by atoms with Gasteiger partial charge < -0.3 is 4.74 Å². The number of hydrogen-bond acceptors (Lipinski definition) is 1. The van der Waals surface area contributed by atoms with E-state index in [1.54, 1.807) is 0 Å². The highest BCUT2D eigenvalue weighted by atomic mass is 19.1. The van der Waals surface area contributed by atoms with Crippen molar-refractivity contribution in [2.45, 2.75) is 6.42 Å². The van der Waals surface area contributed by atoms with Gasteiger partial charge in [-0.15, -0.1) is 0 Å². The quantitative estimate of drug-likeness (QED) is 0.695. The standard InChI is InChI=1S/C12H11FO/c13-8-3-4-10-7-9-14-12-6-2-1-5-11(10)12/h1-3,5-8H,4,9H2. The lowest BCUT2D eigenvalue weighted by molar-refractivity contribution is 0.357. The van der Waals surface area contributed by atoms with E-state index in [0.717, 1.165) is 16.9 Å². The molecule has 0 atom stereocenters. The summed E-state index contributed by atoms with van der Waals surface area (Å²) in [6.45, 7) is 0.576. The normalized spacial score (nSPS) is 14.8. The van der Waals surface area contributed by atoms with Gasteiger partial charge in [-0.05, 0) is 24.1 Å². The first-order valence-corrected chi connectivity index (χ1v) is 4.58. The van der Waals surface area contributed by atoms with Crippen LogP contribution in [0.3, 0.4) is 0 Å². The highest BCUT2D eigenvalue weighted by molar-refractivity contribution is 5.72. The maximum absolute atomic E-state index is 11.9. The summed E-state index contributed by atoms with van der Waals surface area (Å²) in [5, 5.41) is 0. The van der Waals surface area contributed by atoms with Gasteiger partial charge in [0.05, 0.1) is 6.33 Å². The summed E-state index contributed by atoms with van der Waals surface area (Å²) in [4.78, 5) is 0. The Morgan fingerprint density at radius 3 is 3.07 bits per heavy atom. The van der Waals surface area contributed by atoms with E-state index in [1.807, 2.05) is 30.3 Å². The molecule has 0 saturated heterocycles. The van der Waals surface area contributed by atoms with Crippen LogP contribution in [0.15, 0.2) is 42.7 Å². The molecule has 1 aliphatic heterocycles. The Labute approximate surface area is 82.5 Å². The van der Waals surface area contributed by atoms with E-state index in [-0.39, 0.29) is 0 Å². The topological polar surface area (TPSA) is 9.23 Å². The van der Waals surface area contributed by atoms with Crippen molar-refractivity contribution in [2.75, 3.05) is 6.61 Å². The third kappa shape index (κ3) is 1.69. The molecule has 0 saturated carbocycles. The number of rotatable bonds is 2. The molecule has 0 fully saturated rings. The van der Waals surface area contributed by atoms with Crippen LogP contribution in [0.5, 0.6) is 5.75 Å². The average Bonchev–Trinajstić information content (AvgIpc) is 2.26. The summed E-state index contributed by atoms with van der Waals surface area (Å²) in [5.41, 5.74) is 2.19. The molecule has 0 unspecified atom stereocenters. The molecule has 1 aromatic carbocycles. The van der Waals surface area contributed by atoms with Crippen molar-refractivity contribution in [1.29, 1.82) is 0 Å². The number of allylic oxidation sites excluding steroid dienone is 2. The van der Waals surface area contributed by atoms with Gasteiger partial charge >= 0.3 is 0 Å². The van der Waals surface area contributed by atoms with Crippen molar-refractivity contribution in [2.24, 2.45) is 0 Å². The molecule has 1 aromatic rings. The molecule has 1 aliphatic rings. The van der Waals surface area contributed by atoms with Crippen molar-refractivity contribution >= 4 is 5.57 Å². The first kappa shape index (κ1) is 9.00. The molecule has 0 N–H and O–H groups in total. The summed E-state index contributed by atoms with van der Waals surface area (Å²) in [6, 6.07) is 7.82. The summed E-state index contributed by atoms with van der Waals surface area (Å²) < 4.78 is 17.3. The summed E-state index contributed by atoms with van der Waals surface area (Å²) in [6.07, 6.45) is 4.70. The van der Waals surface area contributed by atoms with Crippen LogP contribution in [0.1, 0.15) is 12.0 Å². The van der Waals surface area contributed by atoms with Gasteiger partial charge in [0.2, 0.25) is 0 Å². The molecule has 72 valence electrons. The molecule has 0 aromatic heterocycles. The highest BCUT2D eigenvalue weighted by Crippen LogP contribution is 2.31. The predicted molar refractivity (Wildman–Crippen MR) is 54.8 cm³/mol. The largest absolute Gasteiger partial charge is 0.489 e. The molecule has 0 bridgehead atoms. The van der Waals surface area contributed by atoms with Crippen molar-refractivity contribution < 1.29 is 9.13 Å². The zero-order chi connectivity index (χ0) is 9.80. The molecule has 2 heteroatoms. The van der Waals surface area contributed by atoms with E-state index in [2.05, 4.69) is 0 Å². The molecule has 0 aliphatic carbocycles. The fourth-order valence-corrected chi connectivity index (χ4v) is 1.56. The maximum atomic E-state index is 11.9. The van der Waals surface area contributed by atoms with Gasteiger partial charge in [-0.1, -0.05) is 24.3 Å². The van der Waals surface area contributed by atoms with E-state index in [9.17, 15) is 4.39 Å². The van der Waals surface area contributed by atoms with E-state index in [1.165, 1.54) is 6.08 Å². The number of fused-ring (bicyclic) bond motifs is 1. The fraction of sp³-hybridized carbons (Fsp3) is 0.167. The Balaban J connectivity index is 2.30. The fourth-order valence-electron chi connectivity index (χ4n) is 1.56. The monoisotopic (exact) mass is 190 g/mol. The van der Waals surface area contributed by atoms with Gasteiger partial charge in [0.25, 0.3) is 0 Å². The second-order valence-electron chi connectivity index (χ2n) is 3.10. The molecule has 1 heterocycles. The van der Waals surface area contributed by atoms with Gasteiger partial charge in [-0.2, -0.15) is 0 Å². The zero-order valence-corrected chi connectivity index (χ0v) is 7.74. The molecular formula is C12H11FO. The molecule has 2 rings (SSSR count). The maximum Gasteiger partial charge on any atom is 0.127 e. The van der Waals surface area contributed by atoms with E-state index < -0.39 is 0 Å². The minimum absolute atomic E-state index is 0.576. The van der Waals surface area contributed by atoms with Crippen molar-refractivity contribution in [1.82, 2.24) is 0 Å². The highest BCUT2D eigenvalue weighted by Gasteiger charge is 2.10. The van der Waals surface area contributed by atoms with Crippen LogP contribution in [0.25, 0.3) is 5.57 Å². The lowest BCUT2D eigenvalue weighted by Crippen LogP contribution is -2.03. The Kier molecular flexibility index (Phi) is 2.63. The third-order valence-corrected chi connectivity index (χ3v) is 2.23. The molecule has 0 amide bonds. The number of halogens is 1. The van der Waals surface area contributed by atoms with Crippen LogP contribution < -0.4 is 4.74 Å². The minimum Gasteiger partial charge on any atom is -0.489 e. The predicted octanol–water partition coefficient (Wildman–Crippen LogP) is 3.34. The number of benzene rings is 1. The van der Waals surface area contributed by atoms with E-state index in [4.69, 9.17) is 4.74 Å². The van der Waals surface area contributed by atoms with Crippen LogP contribution in [-0.4, -0.2) is 6.61 Å². The first-order valence-electron chi connectivity index (χ1n) is 4.58. The van der Waals surface area contributed by atoms with Gasteiger partial charge in [-0.3, -0.25) is 0 Å². The summed E-state index contributed by atoms with van der Waals surface area (Å²) in [7, 11) is 0. The number of para-hydroxylation sites is 1. The van der Waals surface area contributed by atoms with Crippen LogP contribution in [-0.2, 0) is 0 Å². The van der Waals surface area contributed by atoms with Crippen LogP contribution in [0.2, 0.25) is 0 Å². The molecular weight excluding hydrogens is 179 g/mol. The van der Waals surface area contributed by atoms with Gasteiger partial charge in [0, 0.05) is 5.56 Å². The van der Waals surface area contributed by atoms with Crippen molar-refractivity contribution in [3.05, 3.63) is 48.3 Å². The van der Waals surface area contributed by atoms with Gasteiger partial charge in [0.1, 0.15) is 12.4 Å². The lowest BCUT2D eigenvalue weighted by Gasteiger charge is -2.17. The van der Waals surface area contributed by atoms with E-state index in [0.29, 0.717) is 19.4 Å². The number of ether oxygens (including phenoxy) is 1. The summed E-state index contributed by atoms with van der Waals surface area (Å²) >= 11 is 0.